The number of ketones is 1. The zero-order valence-corrected chi connectivity index (χ0v) is 16.1. The molecule has 1 atom stereocenters. The van der Waals surface area contributed by atoms with Crippen LogP contribution < -0.4 is 10.5 Å². The summed E-state index contributed by atoms with van der Waals surface area (Å²) in [5, 5.41) is 0. The fraction of sp³-hybridized carbons (Fsp3) is 0.286. The van der Waals surface area contributed by atoms with Crippen molar-refractivity contribution in [3.63, 3.8) is 0 Å². The maximum absolute atomic E-state index is 14.1. The van der Waals surface area contributed by atoms with Gasteiger partial charge in [0, 0.05) is 12.0 Å². The van der Waals surface area contributed by atoms with Crippen molar-refractivity contribution in [2.45, 2.75) is 32.6 Å². The number of halogens is 1. The fourth-order valence-corrected chi connectivity index (χ4v) is 3.82. The zero-order chi connectivity index (χ0) is 20.5. The van der Waals surface area contributed by atoms with Crippen LogP contribution >= 0.6 is 0 Å². The van der Waals surface area contributed by atoms with E-state index in [0.717, 1.165) is 5.56 Å². The van der Waals surface area contributed by atoms with Gasteiger partial charge in [-0.05, 0) is 43.9 Å². The Morgan fingerprint density at radius 3 is 2.83 bits per heavy atom. The molecular weight excluding hydrogens is 373 g/mol. The Labute approximate surface area is 167 Å². The number of carbonyl (C=O) groups excluding carboxylic acids is 1. The summed E-state index contributed by atoms with van der Waals surface area (Å²) in [4.78, 5) is 29.8. The number of Topliss-reactive ketones (excluding diaryl/α,β-unsaturated/α-hetero) is 1. The van der Waals surface area contributed by atoms with E-state index in [-0.39, 0.29) is 24.1 Å². The summed E-state index contributed by atoms with van der Waals surface area (Å²) in [5.74, 6) is -0.113. The molecule has 0 radical (unpaired) electrons. The van der Waals surface area contributed by atoms with Gasteiger partial charge in [0.15, 0.2) is 5.78 Å². The van der Waals surface area contributed by atoms with Crippen LogP contribution in [0.5, 0.6) is 5.88 Å². The van der Waals surface area contributed by atoms with Crippen molar-refractivity contribution in [1.29, 1.82) is 0 Å². The highest BCUT2D eigenvalue weighted by Crippen LogP contribution is 2.38. The largest absolute Gasteiger partial charge is 0.477 e. The van der Waals surface area contributed by atoms with Crippen LogP contribution in [0.2, 0.25) is 0 Å². The third-order valence-electron chi connectivity index (χ3n) is 4.97. The van der Waals surface area contributed by atoms with Gasteiger partial charge in [-0.15, -0.1) is 0 Å². The average Bonchev–Trinajstić information content (AvgIpc) is 2.67. The van der Waals surface area contributed by atoms with Gasteiger partial charge >= 0.3 is 0 Å². The van der Waals surface area contributed by atoms with Gasteiger partial charge in [-0.3, -0.25) is 9.78 Å². The molecule has 0 saturated carbocycles. The van der Waals surface area contributed by atoms with Gasteiger partial charge in [0.05, 0.1) is 41.6 Å². The number of nitrogens with zero attached hydrogens (tertiary/aromatic N) is 4. The number of aryl methyl sites for hydroxylation is 1. The minimum Gasteiger partial charge on any atom is -0.477 e. The quantitative estimate of drug-likeness (QED) is 0.725. The molecule has 2 aromatic heterocycles. The molecule has 0 aliphatic heterocycles. The van der Waals surface area contributed by atoms with Gasteiger partial charge in [-0.2, -0.15) is 0 Å². The first-order valence-corrected chi connectivity index (χ1v) is 9.37. The Morgan fingerprint density at radius 2 is 2.03 bits per heavy atom. The second kappa shape index (κ2) is 7.54. The lowest BCUT2D eigenvalue weighted by Gasteiger charge is -2.26. The summed E-state index contributed by atoms with van der Waals surface area (Å²) in [7, 11) is 0. The molecule has 2 heterocycles. The molecule has 8 heteroatoms. The molecule has 29 heavy (non-hydrogen) atoms. The van der Waals surface area contributed by atoms with Crippen molar-refractivity contribution in [2.75, 3.05) is 12.3 Å². The van der Waals surface area contributed by atoms with Gasteiger partial charge < -0.3 is 10.5 Å². The minimum atomic E-state index is -0.391. The van der Waals surface area contributed by atoms with E-state index >= 15 is 0 Å². The molecule has 1 aliphatic rings. The van der Waals surface area contributed by atoms with Crippen molar-refractivity contribution in [2.24, 2.45) is 0 Å². The fourth-order valence-electron chi connectivity index (χ4n) is 3.82. The molecule has 1 aromatic carbocycles. The van der Waals surface area contributed by atoms with Crippen LogP contribution in [-0.4, -0.2) is 32.3 Å². The maximum Gasteiger partial charge on any atom is 0.232 e. The average molecular weight is 393 g/mol. The molecule has 1 aliphatic carbocycles. The first-order valence-electron chi connectivity index (χ1n) is 9.37. The zero-order valence-electron chi connectivity index (χ0n) is 16.1. The first kappa shape index (κ1) is 18.9. The van der Waals surface area contributed by atoms with Crippen LogP contribution in [0.15, 0.2) is 30.6 Å². The predicted molar refractivity (Wildman–Crippen MR) is 105 cm³/mol. The van der Waals surface area contributed by atoms with Crippen molar-refractivity contribution >= 4 is 11.7 Å². The SMILES string of the molecule is CCOc1cncc(-c2cc(F)ccc2C2CC(=O)c3c(C)nc(N)nc3C2)n1. The number of nitrogen functional groups attached to an aromatic ring is 1. The summed E-state index contributed by atoms with van der Waals surface area (Å²) in [6, 6.07) is 4.49. The molecule has 0 spiro atoms. The highest BCUT2D eigenvalue weighted by atomic mass is 19.1. The number of ether oxygens (including phenoxy) is 1. The van der Waals surface area contributed by atoms with Crippen LogP contribution in [0.1, 0.15) is 46.6 Å². The molecule has 0 saturated heterocycles. The van der Waals surface area contributed by atoms with Gasteiger partial charge in [0.25, 0.3) is 0 Å². The van der Waals surface area contributed by atoms with Crippen molar-refractivity contribution in [3.8, 4) is 17.1 Å². The van der Waals surface area contributed by atoms with E-state index in [9.17, 15) is 9.18 Å². The predicted octanol–water partition coefficient (Wildman–Crippen LogP) is 3.27. The molecule has 4 rings (SSSR count). The Hall–Kier alpha value is -3.42. The summed E-state index contributed by atoms with van der Waals surface area (Å²) in [5.41, 5.74) is 9.42. The number of fused-ring (bicyclic) bond motifs is 1. The molecular formula is C21H20FN5O2. The van der Waals surface area contributed by atoms with Crippen LogP contribution in [0.4, 0.5) is 10.3 Å². The topological polar surface area (TPSA) is 104 Å². The van der Waals surface area contributed by atoms with Gasteiger partial charge in [0.2, 0.25) is 11.8 Å². The van der Waals surface area contributed by atoms with Crippen LogP contribution in [0.25, 0.3) is 11.3 Å². The minimum absolute atomic E-state index is 0.0434. The number of hydrogen-bond donors (Lipinski definition) is 1. The van der Waals surface area contributed by atoms with Crippen molar-refractivity contribution in [1.82, 2.24) is 19.9 Å². The van der Waals surface area contributed by atoms with E-state index in [1.54, 1.807) is 19.2 Å². The van der Waals surface area contributed by atoms with E-state index in [1.165, 1.54) is 18.3 Å². The Bertz CT molecular complexity index is 1100. The summed E-state index contributed by atoms with van der Waals surface area (Å²) < 4.78 is 19.5. The number of carbonyl (C=O) groups is 1. The number of anilines is 1. The number of aromatic nitrogens is 4. The standard InChI is InChI=1S/C21H20FN5O2/c1-3-29-19-10-24-9-17(26-19)15-8-13(22)4-5-14(15)12-6-16-20(18(28)7-12)11(2)25-21(23)27-16/h4-5,8-10,12H,3,6-7H2,1-2H3,(H2,23,25,27). The maximum atomic E-state index is 14.1. The lowest BCUT2D eigenvalue weighted by Crippen LogP contribution is -2.23. The molecule has 0 fully saturated rings. The first-order chi connectivity index (χ1) is 14.0. The molecule has 148 valence electrons. The Kier molecular flexibility index (Phi) is 4.92. The third kappa shape index (κ3) is 3.65. The van der Waals surface area contributed by atoms with Gasteiger partial charge in [-0.25, -0.2) is 19.3 Å². The van der Waals surface area contributed by atoms with Crippen LogP contribution in [0, 0.1) is 12.7 Å². The van der Waals surface area contributed by atoms with E-state index < -0.39 is 5.82 Å². The number of benzene rings is 1. The molecule has 7 nitrogen and oxygen atoms in total. The lowest BCUT2D eigenvalue weighted by atomic mass is 9.79. The normalized spacial score (nSPS) is 15.8. The van der Waals surface area contributed by atoms with Crippen LogP contribution in [-0.2, 0) is 6.42 Å². The molecule has 0 amide bonds. The molecule has 1 unspecified atom stereocenters. The van der Waals surface area contributed by atoms with E-state index in [4.69, 9.17) is 10.5 Å². The Balaban J connectivity index is 1.78. The van der Waals surface area contributed by atoms with Gasteiger partial charge in [-0.1, -0.05) is 6.07 Å². The number of nitrogens with two attached hydrogens (primary N) is 1. The Morgan fingerprint density at radius 1 is 1.21 bits per heavy atom. The second-order valence-corrected chi connectivity index (χ2v) is 6.92. The smallest absolute Gasteiger partial charge is 0.232 e. The highest BCUT2D eigenvalue weighted by molar-refractivity contribution is 6.00. The second-order valence-electron chi connectivity index (χ2n) is 6.92. The lowest BCUT2D eigenvalue weighted by molar-refractivity contribution is 0.0962. The molecule has 0 bridgehead atoms. The van der Waals surface area contributed by atoms with E-state index in [2.05, 4.69) is 19.9 Å². The molecule has 3 aromatic rings. The number of rotatable bonds is 4. The number of hydrogen-bond acceptors (Lipinski definition) is 7. The van der Waals surface area contributed by atoms with Crippen molar-refractivity contribution < 1.29 is 13.9 Å². The molecule has 2 N–H and O–H groups in total. The van der Waals surface area contributed by atoms with E-state index in [1.807, 2.05) is 6.92 Å². The summed E-state index contributed by atoms with van der Waals surface area (Å²) >= 11 is 0. The third-order valence-corrected chi connectivity index (χ3v) is 4.97. The summed E-state index contributed by atoms with van der Waals surface area (Å²) in [6.45, 7) is 4.05. The summed E-state index contributed by atoms with van der Waals surface area (Å²) in [6.07, 6.45) is 3.85. The van der Waals surface area contributed by atoms with Crippen molar-refractivity contribution in [3.05, 3.63) is 58.9 Å². The van der Waals surface area contributed by atoms with E-state index in [0.29, 0.717) is 47.1 Å². The van der Waals surface area contributed by atoms with Gasteiger partial charge in [0.1, 0.15) is 5.82 Å². The highest BCUT2D eigenvalue weighted by Gasteiger charge is 2.31. The monoisotopic (exact) mass is 393 g/mol. The van der Waals surface area contributed by atoms with Crippen LogP contribution in [0.3, 0.4) is 0 Å².